The van der Waals surface area contributed by atoms with Crippen LogP contribution in [-0.2, 0) is 6.42 Å². The number of rotatable bonds is 7. The first-order valence-corrected chi connectivity index (χ1v) is 7.79. The quantitative estimate of drug-likeness (QED) is 0.718. The third-order valence-electron chi connectivity index (χ3n) is 3.97. The molecule has 0 amide bonds. The first-order chi connectivity index (χ1) is 11.7. The van der Waals surface area contributed by atoms with Crippen molar-refractivity contribution in [1.29, 1.82) is 0 Å². The average Bonchev–Trinajstić information content (AvgIpc) is 3.10. The molecule has 7 heteroatoms. The van der Waals surface area contributed by atoms with Crippen LogP contribution < -0.4 is 14.4 Å². The number of methoxy groups -OCH3 is 2. The third kappa shape index (κ3) is 3.24. The van der Waals surface area contributed by atoms with Crippen molar-refractivity contribution in [2.75, 3.05) is 32.7 Å². The first kappa shape index (κ1) is 16.0. The maximum Gasteiger partial charge on any atom is 0.182 e. The average molecular weight is 327 g/mol. The summed E-state index contributed by atoms with van der Waals surface area (Å²) in [7, 11) is 5.32. The number of fused-ring (bicyclic) bond motifs is 1. The highest BCUT2D eigenvalue weighted by atomic mass is 16.5. The molecule has 0 fully saturated rings. The van der Waals surface area contributed by atoms with E-state index in [-0.39, 0.29) is 0 Å². The predicted octanol–water partition coefficient (Wildman–Crippen LogP) is 2.44. The van der Waals surface area contributed by atoms with Gasteiger partial charge in [0.1, 0.15) is 11.8 Å². The normalized spacial score (nSPS) is 10.8. The lowest BCUT2D eigenvalue weighted by Crippen LogP contribution is -2.20. The summed E-state index contributed by atoms with van der Waals surface area (Å²) in [5.41, 5.74) is 2.77. The van der Waals surface area contributed by atoms with Gasteiger partial charge in [0.05, 0.1) is 20.5 Å². The van der Waals surface area contributed by atoms with Crippen LogP contribution in [0.4, 0.5) is 5.82 Å². The largest absolute Gasteiger partial charge is 0.493 e. The second-order valence-electron chi connectivity index (χ2n) is 5.51. The van der Waals surface area contributed by atoms with Gasteiger partial charge in [-0.1, -0.05) is 6.07 Å². The number of hydrogen-bond donors (Lipinski definition) is 1. The molecule has 24 heavy (non-hydrogen) atoms. The number of hydrogen-bond acceptors (Lipinski definition) is 6. The van der Waals surface area contributed by atoms with E-state index in [0.717, 1.165) is 42.2 Å². The van der Waals surface area contributed by atoms with Crippen LogP contribution in [0, 0.1) is 0 Å². The van der Waals surface area contributed by atoms with E-state index < -0.39 is 0 Å². The van der Waals surface area contributed by atoms with Gasteiger partial charge in [0.25, 0.3) is 0 Å². The number of aryl methyl sites for hydroxylation is 1. The van der Waals surface area contributed by atoms with Crippen LogP contribution in [0.2, 0.25) is 0 Å². The molecule has 0 saturated carbocycles. The van der Waals surface area contributed by atoms with Crippen molar-refractivity contribution in [3.05, 3.63) is 36.4 Å². The van der Waals surface area contributed by atoms with Gasteiger partial charge in [-0.05, 0) is 30.5 Å². The van der Waals surface area contributed by atoms with Crippen LogP contribution in [0.15, 0.2) is 30.9 Å². The van der Waals surface area contributed by atoms with Crippen molar-refractivity contribution in [3.63, 3.8) is 0 Å². The van der Waals surface area contributed by atoms with Crippen molar-refractivity contribution < 1.29 is 9.47 Å². The lowest BCUT2D eigenvalue weighted by molar-refractivity contribution is 0.354. The number of anilines is 1. The predicted molar refractivity (Wildman–Crippen MR) is 92.8 cm³/mol. The van der Waals surface area contributed by atoms with Crippen molar-refractivity contribution >= 4 is 17.0 Å². The van der Waals surface area contributed by atoms with Gasteiger partial charge in [-0.25, -0.2) is 15.0 Å². The van der Waals surface area contributed by atoms with Crippen molar-refractivity contribution in [3.8, 4) is 11.5 Å². The molecule has 0 saturated heterocycles. The van der Waals surface area contributed by atoms with E-state index in [0.29, 0.717) is 5.65 Å². The van der Waals surface area contributed by atoms with Gasteiger partial charge in [-0.3, -0.25) is 0 Å². The zero-order valence-corrected chi connectivity index (χ0v) is 14.1. The molecular formula is C17H21N5O2. The van der Waals surface area contributed by atoms with E-state index >= 15 is 0 Å². The summed E-state index contributed by atoms with van der Waals surface area (Å²) in [5, 5.41) is 0. The lowest BCUT2D eigenvalue weighted by Gasteiger charge is -2.18. The highest BCUT2D eigenvalue weighted by molar-refractivity contribution is 5.82. The SMILES string of the molecule is COc1ccc(CCCN(C)c2ncnc3nc[nH]c23)cc1OC. The minimum atomic E-state index is 0.687. The van der Waals surface area contributed by atoms with E-state index in [4.69, 9.17) is 9.47 Å². The Morgan fingerprint density at radius 3 is 2.71 bits per heavy atom. The summed E-state index contributed by atoms with van der Waals surface area (Å²) >= 11 is 0. The number of nitrogens with one attached hydrogen (secondary N) is 1. The fraction of sp³-hybridized carbons (Fsp3) is 0.353. The molecule has 0 unspecified atom stereocenters. The molecule has 3 aromatic rings. The fourth-order valence-corrected chi connectivity index (χ4v) is 2.70. The minimum Gasteiger partial charge on any atom is -0.493 e. The lowest BCUT2D eigenvalue weighted by atomic mass is 10.1. The molecule has 0 aliphatic rings. The Hall–Kier alpha value is -2.83. The van der Waals surface area contributed by atoms with E-state index in [9.17, 15) is 0 Å². The molecule has 0 aliphatic carbocycles. The van der Waals surface area contributed by atoms with Gasteiger partial charge in [-0.2, -0.15) is 0 Å². The van der Waals surface area contributed by atoms with E-state index in [2.05, 4.69) is 30.9 Å². The zero-order chi connectivity index (χ0) is 16.9. The number of H-pyrrole nitrogens is 1. The number of ether oxygens (including phenoxy) is 2. The van der Waals surface area contributed by atoms with E-state index in [1.54, 1.807) is 26.9 Å². The molecule has 126 valence electrons. The summed E-state index contributed by atoms with van der Waals surface area (Å²) in [6.07, 6.45) is 5.12. The van der Waals surface area contributed by atoms with Crippen LogP contribution in [0.1, 0.15) is 12.0 Å². The molecule has 2 heterocycles. The smallest absolute Gasteiger partial charge is 0.182 e. The Kier molecular flexibility index (Phi) is 4.79. The molecule has 0 radical (unpaired) electrons. The van der Waals surface area contributed by atoms with Crippen LogP contribution >= 0.6 is 0 Å². The highest BCUT2D eigenvalue weighted by Gasteiger charge is 2.10. The molecule has 3 rings (SSSR count). The Morgan fingerprint density at radius 1 is 1.08 bits per heavy atom. The Morgan fingerprint density at radius 2 is 1.92 bits per heavy atom. The van der Waals surface area contributed by atoms with Crippen molar-refractivity contribution in [2.24, 2.45) is 0 Å². The summed E-state index contributed by atoms with van der Waals surface area (Å²) < 4.78 is 10.6. The molecule has 1 aromatic carbocycles. The number of nitrogens with zero attached hydrogens (tertiary/aromatic N) is 4. The second-order valence-corrected chi connectivity index (χ2v) is 5.51. The first-order valence-electron chi connectivity index (χ1n) is 7.79. The topological polar surface area (TPSA) is 76.2 Å². The number of aromatic nitrogens is 4. The molecule has 0 atom stereocenters. The monoisotopic (exact) mass is 327 g/mol. The molecule has 1 N–H and O–H groups in total. The molecule has 0 bridgehead atoms. The van der Waals surface area contributed by atoms with Crippen molar-refractivity contribution in [1.82, 2.24) is 19.9 Å². The summed E-state index contributed by atoms with van der Waals surface area (Å²) in [6, 6.07) is 6.03. The molecule has 7 nitrogen and oxygen atoms in total. The van der Waals surface area contributed by atoms with E-state index in [1.807, 2.05) is 19.2 Å². The van der Waals surface area contributed by atoms with Gasteiger partial charge in [0.15, 0.2) is 23.0 Å². The second kappa shape index (κ2) is 7.16. The van der Waals surface area contributed by atoms with Crippen molar-refractivity contribution in [2.45, 2.75) is 12.8 Å². The fourth-order valence-electron chi connectivity index (χ4n) is 2.70. The number of benzene rings is 1. The van der Waals surface area contributed by atoms with Gasteiger partial charge in [0.2, 0.25) is 0 Å². The molecule has 2 aromatic heterocycles. The zero-order valence-electron chi connectivity index (χ0n) is 14.1. The Labute approximate surface area is 140 Å². The maximum absolute atomic E-state index is 5.35. The van der Waals surface area contributed by atoms with E-state index in [1.165, 1.54) is 5.56 Å². The van der Waals surface area contributed by atoms with Gasteiger partial charge in [0, 0.05) is 13.6 Å². The summed E-state index contributed by atoms with van der Waals surface area (Å²) in [6.45, 7) is 0.874. The maximum atomic E-state index is 5.35. The standard InChI is InChI=1S/C17H21N5O2/c1-22(17-15-16(19-10-18-15)20-11-21-17)8-4-5-12-6-7-13(23-2)14(9-12)24-3/h6-7,9-11H,4-5,8H2,1-3H3,(H,18,19,20,21). The molecular weight excluding hydrogens is 306 g/mol. The van der Waals surface area contributed by atoms with Crippen LogP contribution in [0.3, 0.4) is 0 Å². The number of aromatic amines is 1. The Bertz CT molecular complexity index is 818. The van der Waals surface area contributed by atoms with Gasteiger partial charge < -0.3 is 19.4 Å². The van der Waals surface area contributed by atoms with Crippen LogP contribution in [-0.4, -0.2) is 47.7 Å². The summed E-state index contributed by atoms with van der Waals surface area (Å²) in [5.74, 6) is 2.38. The van der Waals surface area contributed by atoms with Gasteiger partial charge in [-0.15, -0.1) is 0 Å². The van der Waals surface area contributed by atoms with Crippen LogP contribution in [0.25, 0.3) is 11.2 Å². The Balaban J connectivity index is 1.63. The number of imidazole rings is 1. The van der Waals surface area contributed by atoms with Crippen LogP contribution in [0.5, 0.6) is 11.5 Å². The third-order valence-corrected chi connectivity index (χ3v) is 3.97. The highest BCUT2D eigenvalue weighted by Crippen LogP contribution is 2.28. The molecule has 0 spiro atoms. The molecule has 0 aliphatic heterocycles. The van der Waals surface area contributed by atoms with Gasteiger partial charge >= 0.3 is 0 Å². The summed E-state index contributed by atoms with van der Waals surface area (Å²) in [4.78, 5) is 17.9. The minimum absolute atomic E-state index is 0.687.